The summed E-state index contributed by atoms with van der Waals surface area (Å²) in [6, 6.07) is 0. The van der Waals surface area contributed by atoms with E-state index in [1.54, 1.807) is 0 Å². The van der Waals surface area contributed by atoms with Gasteiger partial charge in [-0.15, -0.1) is 0 Å². The van der Waals surface area contributed by atoms with Crippen LogP contribution in [-0.4, -0.2) is 53.4 Å². The molecule has 1 amide bonds. The van der Waals surface area contributed by atoms with E-state index in [9.17, 15) is 9.90 Å². The predicted molar refractivity (Wildman–Crippen MR) is 75.0 cm³/mol. The standard InChI is InChI=1S/C15H25NO5/c1-12(2,3)20-11(18)16-14-8-13(9-14,10-17)21-15(14)4-6-19-7-5-15/h17H,4-10H2,1-3H3,(H,16,18). The number of hydrogen-bond acceptors (Lipinski definition) is 5. The first-order valence-corrected chi connectivity index (χ1v) is 7.64. The van der Waals surface area contributed by atoms with Gasteiger partial charge in [0.1, 0.15) is 5.60 Å². The molecular formula is C15H25NO5. The number of carbonyl (C=O) groups excluding carboxylic acids is 1. The molecule has 4 aliphatic rings. The molecule has 3 aliphatic heterocycles. The van der Waals surface area contributed by atoms with E-state index in [0.717, 1.165) is 12.8 Å². The van der Waals surface area contributed by atoms with Crippen molar-refractivity contribution < 1.29 is 24.1 Å². The lowest BCUT2D eigenvalue weighted by Crippen LogP contribution is -2.67. The molecule has 6 nitrogen and oxygen atoms in total. The van der Waals surface area contributed by atoms with Crippen molar-refractivity contribution in [2.24, 2.45) is 0 Å². The molecule has 1 saturated carbocycles. The second-order valence-corrected chi connectivity index (χ2v) is 7.61. The van der Waals surface area contributed by atoms with Gasteiger partial charge in [0.05, 0.1) is 23.3 Å². The zero-order valence-corrected chi connectivity index (χ0v) is 13.0. The molecule has 3 heterocycles. The third-order valence-electron chi connectivity index (χ3n) is 4.86. The maximum atomic E-state index is 12.2. The summed E-state index contributed by atoms with van der Waals surface area (Å²) in [6.07, 6.45) is 2.37. The van der Waals surface area contributed by atoms with E-state index in [-0.39, 0.29) is 6.61 Å². The first-order valence-electron chi connectivity index (χ1n) is 7.64. The first kappa shape index (κ1) is 15.1. The minimum absolute atomic E-state index is 0.00659. The Morgan fingerprint density at radius 2 is 1.90 bits per heavy atom. The van der Waals surface area contributed by atoms with Gasteiger partial charge >= 0.3 is 6.09 Å². The van der Waals surface area contributed by atoms with Gasteiger partial charge in [-0.25, -0.2) is 4.79 Å². The molecule has 120 valence electrons. The SMILES string of the molecule is CC(C)(C)OC(=O)NC12CC(CO)(C1)OC21CCOCC1. The fourth-order valence-electron chi connectivity index (χ4n) is 4.08. The fourth-order valence-corrected chi connectivity index (χ4v) is 4.08. The van der Waals surface area contributed by atoms with Gasteiger partial charge in [-0.1, -0.05) is 0 Å². The van der Waals surface area contributed by atoms with Gasteiger partial charge in [0.15, 0.2) is 0 Å². The van der Waals surface area contributed by atoms with Crippen LogP contribution in [0, 0.1) is 0 Å². The van der Waals surface area contributed by atoms with Crippen molar-refractivity contribution in [1.29, 1.82) is 0 Å². The maximum Gasteiger partial charge on any atom is 0.408 e. The molecule has 0 aromatic rings. The van der Waals surface area contributed by atoms with Crippen LogP contribution in [0.2, 0.25) is 0 Å². The van der Waals surface area contributed by atoms with Crippen LogP contribution in [0.1, 0.15) is 46.5 Å². The Bertz CT molecular complexity index is 430. The van der Waals surface area contributed by atoms with Crippen LogP contribution in [0.4, 0.5) is 4.79 Å². The quantitative estimate of drug-likeness (QED) is 0.805. The summed E-state index contributed by atoms with van der Waals surface area (Å²) in [5.41, 5.74) is -1.88. The van der Waals surface area contributed by atoms with Gasteiger partial charge in [-0.3, -0.25) is 0 Å². The number of hydrogen-bond donors (Lipinski definition) is 2. The molecule has 2 N–H and O–H groups in total. The van der Waals surface area contributed by atoms with Gasteiger partial charge < -0.3 is 24.6 Å². The van der Waals surface area contributed by atoms with Crippen LogP contribution in [-0.2, 0) is 14.2 Å². The monoisotopic (exact) mass is 299 g/mol. The van der Waals surface area contributed by atoms with E-state index in [2.05, 4.69) is 5.32 Å². The molecule has 0 aromatic heterocycles. The molecule has 1 aliphatic carbocycles. The molecule has 2 bridgehead atoms. The number of nitrogens with one attached hydrogen (secondary N) is 1. The summed E-state index contributed by atoms with van der Waals surface area (Å²) < 4.78 is 17.1. The van der Waals surface area contributed by atoms with E-state index in [1.165, 1.54) is 0 Å². The van der Waals surface area contributed by atoms with Crippen LogP contribution in [0.15, 0.2) is 0 Å². The van der Waals surface area contributed by atoms with Crippen molar-refractivity contribution >= 4 is 6.09 Å². The molecule has 0 atom stereocenters. The largest absolute Gasteiger partial charge is 0.444 e. The topological polar surface area (TPSA) is 77.0 Å². The molecular weight excluding hydrogens is 274 g/mol. The van der Waals surface area contributed by atoms with Crippen molar-refractivity contribution in [1.82, 2.24) is 5.32 Å². The Morgan fingerprint density at radius 1 is 1.29 bits per heavy atom. The lowest BCUT2D eigenvalue weighted by Gasteiger charge is -2.49. The highest BCUT2D eigenvalue weighted by atomic mass is 16.6. The fraction of sp³-hybridized carbons (Fsp3) is 0.933. The van der Waals surface area contributed by atoms with E-state index in [0.29, 0.717) is 26.1 Å². The average Bonchev–Trinajstić information content (AvgIpc) is 2.71. The van der Waals surface area contributed by atoms with E-state index in [1.807, 2.05) is 20.8 Å². The molecule has 0 aromatic carbocycles. The Morgan fingerprint density at radius 3 is 2.43 bits per heavy atom. The van der Waals surface area contributed by atoms with Crippen molar-refractivity contribution in [2.45, 2.75) is 68.8 Å². The number of alkyl carbamates (subject to hydrolysis) is 1. The van der Waals surface area contributed by atoms with E-state index in [4.69, 9.17) is 14.2 Å². The summed E-state index contributed by atoms with van der Waals surface area (Å²) in [4.78, 5) is 12.2. The van der Waals surface area contributed by atoms with Crippen LogP contribution >= 0.6 is 0 Å². The zero-order valence-electron chi connectivity index (χ0n) is 13.0. The third-order valence-corrected chi connectivity index (χ3v) is 4.86. The maximum absolute atomic E-state index is 12.2. The average molecular weight is 299 g/mol. The molecule has 4 fully saturated rings. The van der Waals surface area contributed by atoms with E-state index < -0.39 is 28.4 Å². The Labute approximate surface area is 125 Å². The van der Waals surface area contributed by atoms with Crippen molar-refractivity contribution in [3.05, 3.63) is 0 Å². The van der Waals surface area contributed by atoms with Gasteiger partial charge in [-0.05, 0) is 20.8 Å². The van der Waals surface area contributed by atoms with Gasteiger partial charge in [0, 0.05) is 38.9 Å². The second kappa shape index (κ2) is 4.57. The Kier molecular flexibility index (Phi) is 3.28. The highest BCUT2D eigenvalue weighted by Gasteiger charge is 2.75. The number of rotatable bonds is 2. The van der Waals surface area contributed by atoms with Crippen LogP contribution < -0.4 is 5.32 Å². The summed E-state index contributed by atoms with van der Waals surface area (Å²) >= 11 is 0. The number of carbonyl (C=O) groups is 1. The lowest BCUT2D eigenvalue weighted by molar-refractivity contribution is -0.130. The van der Waals surface area contributed by atoms with Crippen LogP contribution in [0.25, 0.3) is 0 Å². The first-order chi connectivity index (χ1) is 9.74. The molecule has 0 radical (unpaired) electrons. The Hall–Kier alpha value is -0.850. The minimum atomic E-state index is -0.527. The summed E-state index contributed by atoms with van der Waals surface area (Å²) in [5, 5.41) is 12.7. The van der Waals surface area contributed by atoms with Crippen molar-refractivity contribution in [3.63, 3.8) is 0 Å². The molecule has 6 heteroatoms. The molecule has 0 unspecified atom stereocenters. The predicted octanol–water partition coefficient (Wildman–Crippen LogP) is 1.35. The Balaban J connectivity index is 1.77. The summed E-state index contributed by atoms with van der Waals surface area (Å²) in [6.45, 7) is 6.78. The number of aliphatic hydroxyl groups is 1. The normalized spacial score (nSPS) is 37.1. The molecule has 1 spiro atoms. The molecule has 3 saturated heterocycles. The van der Waals surface area contributed by atoms with Crippen molar-refractivity contribution in [3.8, 4) is 0 Å². The number of aliphatic hydroxyl groups excluding tert-OH is 1. The van der Waals surface area contributed by atoms with Crippen LogP contribution in [0.5, 0.6) is 0 Å². The highest BCUT2D eigenvalue weighted by Crippen LogP contribution is 2.63. The molecule has 4 rings (SSSR count). The number of ether oxygens (including phenoxy) is 3. The van der Waals surface area contributed by atoms with Gasteiger partial charge in [0.2, 0.25) is 0 Å². The lowest BCUT2D eigenvalue weighted by atomic mass is 9.60. The minimum Gasteiger partial charge on any atom is -0.444 e. The van der Waals surface area contributed by atoms with Gasteiger partial charge in [0.25, 0.3) is 0 Å². The van der Waals surface area contributed by atoms with Gasteiger partial charge in [-0.2, -0.15) is 0 Å². The van der Waals surface area contributed by atoms with Crippen LogP contribution in [0.3, 0.4) is 0 Å². The number of amides is 1. The summed E-state index contributed by atoms with van der Waals surface area (Å²) in [5.74, 6) is 0. The van der Waals surface area contributed by atoms with Crippen molar-refractivity contribution in [2.75, 3.05) is 19.8 Å². The zero-order chi connectivity index (χ0) is 15.4. The molecule has 21 heavy (non-hydrogen) atoms. The highest BCUT2D eigenvalue weighted by molar-refractivity contribution is 5.70. The summed E-state index contributed by atoms with van der Waals surface area (Å²) in [7, 11) is 0. The smallest absolute Gasteiger partial charge is 0.408 e. The second-order valence-electron chi connectivity index (χ2n) is 7.61. The van der Waals surface area contributed by atoms with E-state index >= 15 is 0 Å². The third kappa shape index (κ3) is 2.33.